The molecule has 16 heavy (non-hydrogen) atoms. The molecule has 0 saturated heterocycles. The van der Waals surface area contributed by atoms with Gasteiger partial charge in [0.15, 0.2) is 6.10 Å². The summed E-state index contributed by atoms with van der Waals surface area (Å²) in [5, 5.41) is 19.8. The first-order chi connectivity index (χ1) is 7.50. The lowest BCUT2D eigenvalue weighted by molar-refractivity contribution is -0.146. The number of carbonyl (C=O) groups is 2. The van der Waals surface area contributed by atoms with Crippen LogP contribution in [0.25, 0.3) is 0 Å². The van der Waals surface area contributed by atoms with Crippen molar-refractivity contribution in [3.8, 4) is 0 Å². The molecule has 1 heterocycles. The van der Waals surface area contributed by atoms with Gasteiger partial charge < -0.3 is 20.4 Å². The molecule has 1 atom stereocenters. The van der Waals surface area contributed by atoms with Gasteiger partial charge in [-0.2, -0.15) is 0 Å². The van der Waals surface area contributed by atoms with Gasteiger partial charge in [0.05, 0.1) is 6.54 Å². The minimum absolute atomic E-state index is 0.270. The molecule has 6 heteroatoms. The molecule has 0 radical (unpaired) electrons. The molecule has 1 aliphatic rings. The number of aliphatic carboxylic acids is 1. The molecule has 0 spiro atoms. The van der Waals surface area contributed by atoms with Gasteiger partial charge in [0.2, 0.25) is 0 Å². The van der Waals surface area contributed by atoms with Crippen LogP contribution in [0.3, 0.4) is 0 Å². The van der Waals surface area contributed by atoms with E-state index in [1.54, 1.807) is 4.90 Å². The van der Waals surface area contributed by atoms with Gasteiger partial charge in [0.25, 0.3) is 0 Å². The summed E-state index contributed by atoms with van der Waals surface area (Å²) in [7, 11) is 0. The van der Waals surface area contributed by atoms with Crippen LogP contribution in [-0.4, -0.2) is 52.9 Å². The van der Waals surface area contributed by atoms with Crippen LogP contribution in [-0.2, 0) is 4.79 Å². The highest BCUT2D eigenvalue weighted by Gasteiger charge is 2.18. The summed E-state index contributed by atoms with van der Waals surface area (Å²) in [5.74, 6) is -1.34. The molecule has 0 aromatic heterocycles. The highest BCUT2D eigenvalue weighted by atomic mass is 16.4. The van der Waals surface area contributed by atoms with E-state index in [1.165, 1.54) is 5.57 Å². The van der Waals surface area contributed by atoms with Gasteiger partial charge in [-0.3, -0.25) is 0 Å². The van der Waals surface area contributed by atoms with Crippen molar-refractivity contribution in [2.45, 2.75) is 19.4 Å². The molecular weight excluding hydrogens is 212 g/mol. The van der Waals surface area contributed by atoms with Crippen LogP contribution < -0.4 is 5.32 Å². The molecule has 2 amide bonds. The minimum Gasteiger partial charge on any atom is -0.479 e. The van der Waals surface area contributed by atoms with E-state index in [0.29, 0.717) is 13.1 Å². The number of carbonyl (C=O) groups excluding carboxylic acids is 1. The Labute approximate surface area is 93.5 Å². The molecule has 1 unspecified atom stereocenters. The highest BCUT2D eigenvalue weighted by molar-refractivity contribution is 5.77. The Bertz CT molecular complexity index is 314. The second-order valence-corrected chi connectivity index (χ2v) is 3.79. The highest BCUT2D eigenvalue weighted by Crippen LogP contribution is 2.09. The van der Waals surface area contributed by atoms with Crippen molar-refractivity contribution >= 4 is 12.0 Å². The van der Waals surface area contributed by atoms with E-state index in [1.807, 2.05) is 13.0 Å². The average molecular weight is 228 g/mol. The van der Waals surface area contributed by atoms with Gasteiger partial charge in [0.1, 0.15) is 0 Å². The van der Waals surface area contributed by atoms with Gasteiger partial charge in [-0.05, 0) is 13.3 Å². The van der Waals surface area contributed by atoms with Crippen LogP contribution in [0.5, 0.6) is 0 Å². The van der Waals surface area contributed by atoms with Crippen molar-refractivity contribution in [2.75, 3.05) is 19.6 Å². The fourth-order valence-electron chi connectivity index (χ4n) is 1.34. The van der Waals surface area contributed by atoms with Gasteiger partial charge in [-0.15, -0.1) is 0 Å². The first kappa shape index (κ1) is 12.5. The maximum Gasteiger partial charge on any atom is 0.334 e. The van der Waals surface area contributed by atoms with E-state index < -0.39 is 12.1 Å². The monoisotopic (exact) mass is 228 g/mol. The number of urea groups is 1. The summed E-state index contributed by atoms with van der Waals surface area (Å²) >= 11 is 0. The van der Waals surface area contributed by atoms with E-state index in [9.17, 15) is 9.59 Å². The maximum atomic E-state index is 11.5. The molecule has 6 nitrogen and oxygen atoms in total. The lowest BCUT2D eigenvalue weighted by Gasteiger charge is -2.25. The van der Waals surface area contributed by atoms with Gasteiger partial charge in [-0.1, -0.05) is 11.6 Å². The number of carboxylic acids is 1. The van der Waals surface area contributed by atoms with E-state index in [4.69, 9.17) is 10.2 Å². The molecule has 0 fully saturated rings. The van der Waals surface area contributed by atoms with E-state index in [2.05, 4.69) is 5.32 Å². The first-order valence-corrected chi connectivity index (χ1v) is 5.10. The second-order valence-electron chi connectivity index (χ2n) is 3.79. The van der Waals surface area contributed by atoms with Crippen molar-refractivity contribution in [3.05, 3.63) is 11.6 Å². The summed E-state index contributed by atoms with van der Waals surface area (Å²) in [4.78, 5) is 23.4. The van der Waals surface area contributed by atoms with Crippen LogP contribution in [0.1, 0.15) is 13.3 Å². The number of amides is 2. The van der Waals surface area contributed by atoms with E-state index >= 15 is 0 Å². The van der Waals surface area contributed by atoms with Crippen LogP contribution in [0.4, 0.5) is 4.79 Å². The molecule has 1 rings (SSSR count). The predicted molar refractivity (Wildman–Crippen MR) is 57.0 cm³/mol. The van der Waals surface area contributed by atoms with E-state index in [-0.39, 0.29) is 12.6 Å². The molecule has 0 bridgehead atoms. The lowest BCUT2D eigenvalue weighted by Crippen LogP contribution is -2.45. The summed E-state index contributed by atoms with van der Waals surface area (Å²) in [6.45, 7) is 2.88. The smallest absolute Gasteiger partial charge is 0.334 e. The number of nitrogens with zero attached hydrogens (tertiary/aromatic N) is 1. The van der Waals surface area contributed by atoms with E-state index in [0.717, 1.165) is 6.42 Å². The SMILES string of the molecule is CC1=CCN(C(=O)NCC(O)C(=O)O)CC1. The van der Waals surface area contributed by atoms with Crippen molar-refractivity contribution in [3.63, 3.8) is 0 Å². The summed E-state index contributed by atoms with van der Waals surface area (Å²) in [6, 6.07) is -0.343. The summed E-state index contributed by atoms with van der Waals surface area (Å²) < 4.78 is 0. The molecular formula is C10H16N2O4. The van der Waals surface area contributed by atoms with Gasteiger partial charge >= 0.3 is 12.0 Å². The summed E-state index contributed by atoms with van der Waals surface area (Å²) in [6.07, 6.45) is 1.23. The second kappa shape index (κ2) is 5.50. The minimum atomic E-state index is -1.55. The van der Waals surface area contributed by atoms with Gasteiger partial charge in [-0.25, -0.2) is 9.59 Å². The lowest BCUT2D eigenvalue weighted by atomic mass is 10.1. The number of carboxylic acid groups (broad SMARTS) is 1. The molecule has 1 aliphatic heterocycles. The zero-order valence-electron chi connectivity index (χ0n) is 9.14. The quantitative estimate of drug-likeness (QED) is 0.583. The number of hydrogen-bond acceptors (Lipinski definition) is 3. The third-order valence-corrected chi connectivity index (χ3v) is 2.46. The predicted octanol–water partition coefficient (Wildman–Crippen LogP) is -0.207. The Morgan fingerprint density at radius 2 is 2.31 bits per heavy atom. The number of hydrogen-bond donors (Lipinski definition) is 3. The van der Waals surface area contributed by atoms with Crippen molar-refractivity contribution in [1.82, 2.24) is 10.2 Å². The average Bonchev–Trinajstić information content (AvgIpc) is 2.26. The van der Waals surface area contributed by atoms with Crippen LogP contribution >= 0.6 is 0 Å². The standard InChI is InChI=1S/C10H16N2O4/c1-7-2-4-12(5-3-7)10(16)11-6-8(13)9(14)15/h2,8,13H,3-6H2,1H3,(H,11,16)(H,14,15). The Morgan fingerprint density at radius 3 is 2.81 bits per heavy atom. The van der Waals surface area contributed by atoms with Crippen molar-refractivity contribution in [1.29, 1.82) is 0 Å². The third kappa shape index (κ3) is 3.54. The molecule has 3 N–H and O–H groups in total. The van der Waals surface area contributed by atoms with Crippen LogP contribution in [0, 0.1) is 0 Å². The zero-order chi connectivity index (χ0) is 12.1. The fourth-order valence-corrected chi connectivity index (χ4v) is 1.34. The van der Waals surface area contributed by atoms with Gasteiger partial charge in [0, 0.05) is 13.1 Å². The molecule has 0 aliphatic carbocycles. The normalized spacial score (nSPS) is 17.6. The molecule has 0 aromatic rings. The number of aliphatic hydroxyl groups is 1. The Kier molecular flexibility index (Phi) is 4.30. The molecule has 90 valence electrons. The van der Waals surface area contributed by atoms with Crippen molar-refractivity contribution < 1.29 is 19.8 Å². The number of aliphatic hydroxyl groups excluding tert-OH is 1. The fraction of sp³-hybridized carbons (Fsp3) is 0.600. The van der Waals surface area contributed by atoms with Crippen LogP contribution in [0.2, 0.25) is 0 Å². The molecule has 0 aromatic carbocycles. The Balaban J connectivity index is 2.33. The van der Waals surface area contributed by atoms with Crippen LogP contribution in [0.15, 0.2) is 11.6 Å². The Morgan fingerprint density at radius 1 is 1.62 bits per heavy atom. The summed E-state index contributed by atoms with van der Waals surface area (Å²) in [5.41, 5.74) is 1.25. The topological polar surface area (TPSA) is 89.9 Å². The largest absolute Gasteiger partial charge is 0.479 e. The number of nitrogens with one attached hydrogen (secondary N) is 1. The molecule has 0 saturated carbocycles. The number of rotatable bonds is 3. The first-order valence-electron chi connectivity index (χ1n) is 5.10. The maximum absolute atomic E-state index is 11.5. The zero-order valence-corrected chi connectivity index (χ0v) is 9.14. The van der Waals surface area contributed by atoms with Crippen molar-refractivity contribution in [2.24, 2.45) is 0 Å². The Hall–Kier alpha value is -1.56. The third-order valence-electron chi connectivity index (χ3n) is 2.46.